The standard InChI is InChI=1S/C38H30N4O4/c1-3-21-17-29(41-35(43)30-15-9-25(19-32(30)37(41)45)23-5-11-27(39)12-6-23)18-22(4-2)34(21)42-36(44)31-16-10-26(20-33(31)38(42)46)24-7-13-28(40)14-8-24/h5-20H,3-4,39-40H2,1-2H3. The van der Waals surface area contributed by atoms with Gasteiger partial charge in [0.1, 0.15) is 0 Å². The van der Waals surface area contributed by atoms with E-state index in [4.69, 9.17) is 11.5 Å². The third-order valence-electron chi connectivity index (χ3n) is 8.76. The molecular weight excluding hydrogens is 576 g/mol. The van der Waals surface area contributed by atoms with Gasteiger partial charge in [-0.2, -0.15) is 0 Å². The number of aryl methyl sites for hydroxylation is 2. The average molecular weight is 607 g/mol. The van der Waals surface area contributed by atoms with Gasteiger partial charge >= 0.3 is 0 Å². The number of nitrogen functional groups attached to an aromatic ring is 2. The molecule has 0 fully saturated rings. The average Bonchev–Trinajstić information content (AvgIpc) is 3.47. The molecule has 2 aliphatic rings. The predicted molar refractivity (Wildman–Crippen MR) is 180 cm³/mol. The fourth-order valence-electron chi connectivity index (χ4n) is 6.33. The fraction of sp³-hybridized carbons (Fsp3) is 0.105. The maximum atomic E-state index is 13.9. The van der Waals surface area contributed by atoms with Crippen LogP contribution < -0.4 is 21.3 Å². The van der Waals surface area contributed by atoms with E-state index in [0.29, 0.717) is 69.0 Å². The topological polar surface area (TPSA) is 127 Å². The van der Waals surface area contributed by atoms with E-state index < -0.39 is 23.6 Å². The van der Waals surface area contributed by atoms with Crippen LogP contribution in [0.25, 0.3) is 22.3 Å². The molecule has 2 aliphatic heterocycles. The fourth-order valence-corrected chi connectivity index (χ4v) is 6.33. The normalized spacial score (nSPS) is 13.9. The summed E-state index contributed by atoms with van der Waals surface area (Å²) in [6, 6.07) is 28.6. The lowest BCUT2D eigenvalue weighted by molar-refractivity contribution is 0.0909. The van der Waals surface area contributed by atoms with Crippen LogP contribution in [-0.2, 0) is 12.8 Å². The van der Waals surface area contributed by atoms with Crippen LogP contribution in [0.2, 0.25) is 0 Å². The Labute approximate surface area is 265 Å². The van der Waals surface area contributed by atoms with E-state index in [1.54, 1.807) is 60.7 Å². The summed E-state index contributed by atoms with van der Waals surface area (Å²) < 4.78 is 0. The molecule has 0 unspecified atom stereocenters. The van der Waals surface area contributed by atoms with Gasteiger partial charge in [-0.3, -0.25) is 19.2 Å². The Morgan fingerprint density at radius 3 is 1.26 bits per heavy atom. The number of fused-ring (bicyclic) bond motifs is 2. The number of carbonyl (C=O) groups excluding carboxylic acids is 4. The summed E-state index contributed by atoms with van der Waals surface area (Å²) in [7, 11) is 0. The minimum atomic E-state index is -0.426. The number of imide groups is 2. The zero-order chi connectivity index (χ0) is 32.3. The van der Waals surface area contributed by atoms with E-state index in [2.05, 4.69) is 0 Å². The first-order chi connectivity index (χ1) is 22.2. The Morgan fingerprint density at radius 2 is 0.826 bits per heavy atom. The van der Waals surface area contributed by atoms with E-state index in [1.807, 2.05) is 50.2 Å². The predicted octanol–water partition coefficient (Wildman–Crippen LogP) is 6.91. The summed E-state index contributed by atoms with van der Waals surface area (Å²) in [6.45, 7) is 3.83. The molecular formula is C38H30N4O4. The molecule has 5 aromatic rings. The molecule has 0 spiro atoms. The molecule has 7 rings (SSSR count). The smallest absolute Gasteiger partial charge is 0.266 e. The lowest BCUT2D eigenvalue weighted by Crippen LogP contribution is -2.33. The number of amides is 4. The summed E-state index contributed by atoms with van der Waals surface area (Å²) in [5.74, 6) is -1.66. The van der Waals surface area contributed by atoms with Crippen LogP contribution in [0, 0.1) is 0 Å². The zero-order valence-electron chi connectivity index (χ0n) is 25.3. The van der Waals surface area contributed by atoms with Gasteiger partial charge in [-0.1, -0.05) is 50.2 Å². The Hall–Kier alpha value is -6.02. The van der Waals surface area contributed by atoms with Gasteiger partial charge in [0.05, 0.1) is 33.6 Å². The van der Waals surface area contributed by atoms with Crippen molar-refractivity contribution < 1.29 is 19.2 Å². The second kappa shape index (κ2) is 10.9. The van der Waals surface area contributed by atoms with Crippen LogP contribution in [0.3, 0.4) is 0 Å². The number of rotatable bonds is 6. The number of carbonyl (C=O) groups is 4. The largest absolute Gasteiger partial charge is 0.399 e. The minimum absolute atomic E-state index is 0.316. The third-order valence-corrected chi connectivity index (χ3v) is 8.76. The summed E-state index contributed by atoms with van der Waals surface area (Å²) in [5.41, 5.74) is 19.9. The lowest BCUT2D eigenvalue weighted by Gasteiger charge is -2.24. The van der Waals surface area contributed by atoms with E-state index in [9.17, 15) is 19.2 Å². The quantitative estimate of drug-likeness (QED) is 0.160. The number of hydrogen-bond donors (Lipinski definition) is 2. The molecule has 8 heteroatoms. The molecule has 46 heavy (non-hydrogen) atoms. The van der Waals surface area contributed by atoms with E-state index in [-0.39, 0.29) is 0 Å². The Morgan fingerprint density at radius 1 is 0.457 bits per heavy atom. The van der Waals surface area contributed by atoms with Crippen molar-refractivity contribution in [1.82, 2.24) is 0 Å². The van der Waals surface area contributed by atoms with Crippen LogP contribution in [0.15, 0.2) is 97.1 Å². The molecule has 8 nitrogen and oxygen atoms in total. The van der Waals surface area contributed by atoms with Gasteiger partial charge in [-0.15, -0.1) is 0 Å². The molecule has 2 heterocycles. The Kier molecular flexibility index (Phi) is 6.78. The van der Waals surface area contributed by atoms with Crippen molar-refractivity contribution in [1.29, 1.82) is 0 Å². The van der Waals surface area contributed by atoms with E-state index in [1.165, 1.54) is 9.80 Å². The zero-order valence-corrected chi connectivity index (χ0v) is 25.3. The first kappa shape index (κ1) is 28.7. The van der Waals surface area contributed by atoms with Crippen molar-refractivity contribution in [3.63, 3.8) is 0 Å². The van der Waals surface area contributed by atoms with Crippen molar-refractivity contribution >= 4 is 46.4 Å². The molecule has 0 aliphatic carbocycles. The second-order valence-electron chi connectivity index (χ2n) is 11.5. The minimum Gasteiger partial charge on any atom is -0.399 e. The molecule has 0 bridgehead atoms. The Bertz CT molecular complexity index is 2090. The van der Waals surface area contributed by atoms with Crippen molar-refractivity contribution in [2.24, 2.45) is 0 Å². The van der Waals surface area contributed by atoms with Crippen LogP contribution in [-0.4, -0.2) is 23.6 Å². The summed E-state index contributed by atoms with van der Waals surface area (Å²) in [5, 5.41) is 0. The van der Waals surface area contributed by atoms with E-state index >= 15 is 0 Å². The summed E-state index contributed by atoms with van der Waals surface area (Å²) in [4.78, 5) is 57.5. The first-order valence-electron chi connectivity index (χ1n) is 15.1. The lowest BCUT2D eigenvalue weighted by atomic mass is 9.99. The number of benzene rings is 5. The highest BCUT2D eigenvalue weighted by Gasteiger charge is 2.41. The number of anilines is 4. The summed E-state index contributed by atoms with van der Waals surface area (Å²) >= 11 is 0. The monoisotopic (exact) mass is 606 g/mol. The summed E-state index contributed by atoms with van der Waals surface area (Å²) in [6.07, 6.45) is 0.926. The molecule has 0 atom stereocenters. The van der Waals surface area contributed by atoms with Crippen molar-refractivity contribution in [3.05, 3.63) is 130 Å². The van der Waals surface area contributed by atoms with Crippen molar-refractivity contribution in [2.75, 3.05) is 21.3 Å². The second-order valence-corrected chi connectivity index (χ2v) is 11.5. The maximum Gasteiger partial charge on any atom is 0.266 e. The molecule has 0 radical (unpaired) electrons. The van der Waals surface area contributed by atoms with E-state index in [0.717, 1.165) is 22.3 Å². The highest BCUT2D eigenvalue weighted by molar-refractivity contribution is 6.36. The number of hydrogen-bond acceptors (Lipinski definition) is 6. The molecule has 0 saturated carbocycles. The van der Waals surface area contributed by atoms with Crippen LogP contribution in [0.1, 0.15) is 66.4 Å². The van der Waals surface area contributed by atoms with Crippen LogP contribution in [0.5, 0.6) is 0 Å². The molecule has 0 saturated heterocycles. The van der Waals surface area contributed by atoms with Crippen molar-refractivity contribution in [2.45, 2.75) is 26.7 Å². The van der Waals surface area contributed by atoms with Gasteiger partial charge in [0.15, 0.2) is 0 Å². The van der Waals surface area contributed by atoms with Gasteiger partial charge < -0.3 is 11.5 Å². The van der Waals surface area contributed by atoms with Gasteiger partial charge in [-0.05, 0) is 107 Å². The molecule has 0 aromatic heterocycles. The highest BCUT2D eigenvalue weighted by atomic mass is 16.2. The SMILES string of the molecule is CCc1cc(N2C(=O)c3ccc(-c4ccc(N)cc4)cc3C2=O)cc(CC)c1N1C(=O)c2ccc(-c3ccc(N)cc3)cc2C1=O. The van der Waals surface area contributed by atoms with Gasteiger partial charge in [0.2, 0.25) is 0 Å². The van der Waals surface area contributed by atoms with Crippen LogP contribution in [0.4, 0.5) is 22.7 Å². The third kappa shape index (κ3) is 4.45. The molecule has 5 aromatic carbocycles. The van der Waals surface area contributed by atoms with Gasteiger partial charge in [-0.25, -0.2) is 9.80 Å². The first-order valence-corrected chi connectivity index (χ1v) is 15.1. The molecule has 4 N–H and O–H groups in total. The maximum absolute atomic E-state index is 13.9. The van der Waals surface area contributed by atoms with Crippen LogP contribution >= 0.6 is 0 Å². The number of nitrogens with two attached hydrogens (primary N) is 2. The van der Waals surface area contributed by atoms with Gasteiger partial charge in [0.25, 0.3) is 23.6 Å². The molecule has 4 amide bonds. The van der Waals surface area contributed by atoms with Gasteiger partial charge in [0, 0.05) is 11.4 Å². The number of nitrogens with zero attached hydrogens (tertiary/aromatic N) is 2. The highest BCUT2D eigenvalue weighted by Crippen LogP contribution is 2.40. The Balaban J connectivity index is 1.25. The van der Waals surface area contributed by atoms with Crippen molar-refractivity contribution in [3.8, 4) is 22.3 Å². The molecule has 226 valence electrons.